The number of rotatable bonds is 5. The standard InChI is InChI=1S/C29H23NSi/c1-4-12-25(13-5-1)31(26-14-6-2-7-15-26,27-16-8-3-9-17-27)29-19-11-10-18-28(29)24-20-22-30-23-21-24/h1-23H. The molecule has 0 saturated carbocycles. The van der Waals surface area contributed by atoms with Gasteiger partial charge in [-0.1, -0.05) is 115 Å². The molecule has 0 radical (unpaired) electrons. The second-order valence-corrected chi connectivity index (χ2v) is 11.4. The van der Waals surface area contributed by atoms with Crippen LogP contribution >= 0.6 is 0 Å². The molecule has 1 heterocycles. The Hall–Kier alpha value is -3.75. The minimum Gasteiger partial charge on any atom is -0.265 e. The smallest absolute Gasteiger partial charge is 0.180 e. The van der Waals surface area contributed by atoms with Gasteiger partial charge >= 0.3 is 0 Å². The molecule has 5 aromatic rings. The average Bonchev–Trinajstić information content (AvgIpc) is 2.87. The van der Waals surface area contributed by atoms with Crippen LogP contribution in [0.1, 0.15) is 0 Å². The van der Waals surface area contributed by atoms with Crippen molar-refractivity contribution in [1.82, 2.24) is 4.98 Å². The van der Waals surface area contributed by atoms with Crippen molar-refractivity contribution in [3.63, 3.8) is 0 Å². The summed E-state index contributed by atoms with van der Waals surface area (Å²) in [7, 11) is -2.55. The van der Waals surface area contributed by atoms with Gasteiger partial charge in [-0.2, -0.15) is 0 Å². The van der Waals surface area contributed by atoms with Gasteiger partial charge in [0.2, 0.25) is 0 Å². The molecule has 0 fully saturated rings. The minimum absolute atomic E-state index is 1.20. The predicted molar refractivity (Wildman–Crippen MR) is 133 cm³/mol. The van der Waals surface area contributed by atoms with Gasteiger partial charge < -0.3 is 0 Å². The van der Waals surface area contributed by atoms with Crippen LogP contribution in [-0.4, -0.2) is 13.1 Å². The highest BCUT2D eigenvalue weighted by molar-refractivity contribution is 7.20. The molecule has 0 amide bonds. The van der Waals surface area contributed by atoms with E-state index in [0.717, 1.165) is 0 Å². The predicted octanol–water partition coefficient (Wildman–Crippen LogP) is 4.13. The first-order valence-corrected chi connectivity index (χ1v) is 12.6. The Kier molecular flexibility index (Phi) is 5.30. The van der Waals surface area contributed by atoms with Gasteiger partial charge in [0.15, 0.2) is 8.07 Å². The molecule has 0 aliphatic heterocycles. The Bertz CT molecular complexity index is 1160. The van der Waals surface area contributed by atoms with Crippen molar-refractivity contribution in [1.29, 1.82) is 0 Å². The lowest BCUT2D eigenvalue weighted by molar-refractivity contribution is 1.33. The van der Waals surface area contributed by atoms with Crippen LogP contribution in [0.15, 0.2) is 140 Å². The van der Waals surface area contributed by atoms with Crippen LogP contribution in [0.2, 0.25) is 0 Å². The van der Waals surface area contributed by atoms with E-state index >= 15 is 0 Å². The van der Waals surface area contributed by atoms with Gasteiger partial charge in [-0.25, -0.2) is 0 Å². The molecule has 2 heteroatoms. The molecule has 0 unspecified atom stereocenters. The first-order chi connectivity index (χ1) is 15.4. The summed E-state index contributed by atoms with van der Waals surface area (Å²) in [4.78, 5) is 4.25. The molecule has 1 aromatic heterocycles. The SMILES string of the molecule is c1ccc([Si](c2ccccc2)(c2ccccc2)c2ccccc2-c2ccncc2)cc1. The Morgan fingerprint density at radius 1 is 0.419 bits per heavy atom. The van der Waals surface area contributed by atoms with Crippen molar-refractivity contribution in [3.8, 4) is 11.1 Å². The summed E-state index contributed by atoms with van der Waals surface area (Å²) >= 11 is 0. The molecular weight excluding hydrogens is 390 g/mol. The summed E-state index contributed by atoms with van der Waals surface area (Å²) in [5.41, 5.74) is 2.47. The largest absolute Gasteiger partial charge is 0.265 e. The van der Waals surface area contributed by atoms with Crippen molar-refractivity contribution < 1.29 is 0 Å². The maximum Gasteiger partial charge on any atom is 0.180 e. The molecule has 0 aliphatic carbocycles. The molecule has 0 saturated heterocycles. The van der Waals surface area contributed by atoms with E-state index in [1.807, 2.05) is 12.4 Å². The van der Waals surface area contributed by atoms with E-state index in [0.29, 0.717) is 0 Å². The number of aromatic nitrogens is 1. The number of hydrogen-bond acceptors (Lipinski definition) is 1. The molecule has 0 N–H and O–H groups in total. The molecule has 148 valence electrons. The van der Waals surface area contributed by atoms with E-state index in [2.05, 4.69) is 132 Å². The van der Waals surface area contributed by atoms with E-state index in [1.165, 1.54) is 31.9 Å². The fraction of sp³-hybridized carbons (Fsp3) is 0. The van der Waals surface area contributed by atoms with Crippen LogP contribution in [-0.2, 0) is 0 Å². The third-order valence-corrected chi connectivity index (χ3v) is 10.8. The lowest BCUT2D eigenvalue weighted by Gasteiger charge is -2.36. The zero-order valence-electron chi connectivity index (χ0n) is 17.2. The number of pyridine rings is 1. The molecule has 0 aliphatic rings. The summed E-state index contributed by atoms with van der Waals surface area (Å²) in [5.74, 6) is 0. The maximum atomic E-state index is 4.25. The normalized spacial score (nSPS) is 11.2. The van der Waals surface area contributed by atoms with Gasteiger partial charge in [0.25, 0.3) is 0 Å². The zero-order chi connectivity index (χ0) is 20.9. The van der Waals surface area contributed by atoms with Crippen LogP contribution in [0.4, 0.5) is 0 Å². The zero-order valence-corrected chi connectivity index (χ0v) is 18.2. The molecule has 31 heavy (non-hydrogen) atoms. The van der Waals surface area contributed by atoms with Crippen LogP contribution < -0.4 is 20.7 Å². The summed E-state index contributed by atoms with van der Waals surface area (Å²) in [6.45, 7) is 0. The van der Waals surface area contributed by atoms with Crippen LogP contribution in [0.5, 0.6) is 0 Å². The van der Waals surface area contributed by atoms with Gasteiger partial charge in [-0.15, -0.1) is 0 Å². The van der Waals surface area contributed by atoms with E-state index in [4.69, 9.17) is 0 Å². The lowest BCUT2D eigenvalue weighted by Crippen LogP contribution is -2.75. The van der Waals surface area contributed by atoms with E-state index in [-0.39, 0.29) is 0 Å². The van der Waals surface area contributed by atoms with E-state index < -0.39 is 8.07 Å². The van der Waals surface area contributed by atoms with Crippen molar-refractivity contribution in [2.75, 3.05) is 0 Å². The fourth-order valence-corrected chi connectivity index (χ4v) is 9.61. The van der Waals surface area contributed by atoms with Crippen molar-refractivity contribution >= 4 is 28.8 Å². The first kappa shape index (κ1) is 19.2. The third kappa shape index (κ3) is 3.41. The molecular formula is C29H23NSi. The Morgan fingerprint density at radius 2 is 0.839 bits per heavy atom. The number of benzene rings is 4. The summed E-state index contributed by atoms with van der Waals surface area (Å²) in [5, 5.41) is 5.54. The van der Waals surface area contributed by atoms with Crippen molar-refractivity contribution in [3.05, 3.63) is 140 Å². The Labute approximate surface area is 184 Å². The third-order valence-electron chi connectivity index (χ3n) is 5.94. The first-order valence-electron chi connectivity index (χ1n) is 10.6. The van der Waals surface area contributed by atoms with Crippen LogP contribution in [0.3, 0.4) is 0 Å². The second kappa shape index (κ2) is 8.55. The van der Waals surface area contributed by atoms with Gasteiger partial charge in [0, 0.05) is 12.4 Å². The highest BCUT2D eigenvalue weighted by Crippen LogP contribution is 2.20. The van der Waals surface area contributed by atoms with Gasteiger partial charge in [0.05, 0.1) is 0 Å². The number of hydrogen-bond donors (Lipinski definition) is 0. The summed E-state index contributed by atoms with van der Waals surface area (Å²) in [6.07, 6.45) is 3.76. The van der Waals surface area contributed by atoms with E-state index in [9.17, 15) is 0 Å². The highest BCUT2D eigenvalue weighted by Gasteiger charge is 2.42. The molecule has 4 aromatic carbocycles. The van der Waals surface area contributed by atoms with Crippen LogP contribution in [0.25, 0.3) is 11.1 Å². The second-order valence-electron chi connectivity index (χ2n) is 7.63. The maximum absolute atomic E-state index is 4.25. The minimum atomic E-state index is -2.55. The molecule has 0 atom stereocenters. The highest BCUT2D eigenvalue weighted by atomic mass is 28.3. The van der Waals surface area contributed by atoms with E-state index in [1.54, 1.807) is 0 Å². The van der Waals surface area contributed by atoms with Crippen LogP contribution in [0, 0.1) is 0 Å². The molecule has 0 bridgehead atoms. The Balaban J connectivity index is 1.94. The summed E-state index contributed by atoms with van der Waals surface area (Å²) < 4.78 is 0. The average molecular weight is 414 g/mol. The summed E-state index contributed by atoms with van der Waals surface area (Å²) in [6, 6.07) is 46.2. The van der Waals surface area contributed by atoms with Gasteiger partial charge in [-0.3, -0.25) is 4.98 Å². The molecule has 5 rings (SSSR count). The monoisotopic (exact) mass is 413 g/mol. The lowest BCUT2D eigenvalue weighted by atomic mass is 10.1. The molecule has 1 nitrogen and oxygen atoms in total. The molecule has 0 spiro atoms. The van der Waals surface area contributed by atoms with Gasteiger partial charge in [0.1, 0.15) is 0 Å². The van der Waals surface area contributed by atoms with Crippen molar-refractivity contribution in [2.24, 2.45) is 0 Å². The van der Waals surface area contributed by atoms with Crippen molar-refractivity contribution in [2.45, 2.75) is 0 Å². The topological polar surface area (TPSA) is 12.9 Å². The van der Waals surface area contributed by atoms with Gasteiger partial charge in [-0.05, 0) is 44.0 Å². The Morgan fingerprint density at radius 3 is 1.32 bits per heavy atom. The quantitative estimate of drug-likeness (QED) is 0.312. The number of nitrogens with zero attached hydrogens (tertiary/aromatic N) is 1. The fourth-order valence-electron chi connectivity index (χ4n) is 4.62.